The Balaban J connectivity index is 2.56. The highest BCUT2D eigenvalue weighted by Crippen LogP contribution is 2.23. The second-order valence-corrected chi connectivity index (χ2v) is 6.19. The Hall–Kier alpha value is -1.13. The van der Waals surface area contributed by atoms with Crippen LogP contribution in [0.1, 0.15) is 33.3 Å². The van der Waals surface area contributed by atoms with E-state index in [0.29, 0.717) is 11.7 Å². The third kappa shape index (κ3) is 5.57. The molecule has 1 aromatic carbocycles. The predicted molar refractivity (Wildman–Crippen MR) is 85.8 cm³/mol. The molecule has 0 aliphatic carbocycles. The van der Waals surface area contributed by atoms with Crippen LogP contribution in [0.15, 0.2) is 24.3 Å². The molecule has 0 aliphatic heterocycles. The SMILES string of the molecule is COCC(C)NC(=S)Nc1ccc(C(C)(C)C)cc1. The second-order valence-electron chi connectivity index (χ2n) is 5.78. The standard InChI is InChI=1S/C15H24N2OS/c1-11(10-18-5)16-14(19)17-13-8-6-12(7-9-13)15(2,3)4/h6-9,11H,10H2,1-5H3,(H2,16,17,19). The van der Waals surface area contributed by atoms with Crippen LogP contribution >= 0.6 is 12.2 Å². The highest BCUT2D eigenvalue weighted by Gasteiger charge is 2.13. The first-order valence-corrected chi connectivity index (χ1v) is 6.90. The molecule has 0 saturated heterocycles. The van der Waals surface area contributed by atoms with Gasteiger partial charge in [-0.25, -0.2) is 0 Å². The summed E-state index contributed by atoms with van der Waals surface area (Å²) in [4.78, 5) is 0. The van der Waals surface area contributed by atoms with Crippen molar-refractivity contribution in [3.05, 3.63) is 29.8 Å². The molecule has 106 valence electrons. The molecular weight excluding hydrogens is 256 g/mol. The molecule has 0 amide bonds. The minimum absolute atomic E-state index is 0.171. The number of hydrogen-bond donors (Lipinski definition) is 2. The molecule has 0 saturated carbocycles. The van der Waals surface area contributed by atoms with Gasteiger partial charge < -0.3 is 15.4 Å². The van der Waals surface area contributed by atoms with Crippen LogP contribution in [0.5, 0.6) is 0 Å². The van der Waals surface area contributed by atoms with Crippen molar-refractivity contribution in [2.45, 2.75) is 39.2 Å². The van der Waals surface area contributed by atoms with Crippen LogP contribution in [0, 0.1) is 0 Å². The number of anilines is 1. The summed E-state index contributed by atoms with van der Waals surface area (Å²) in [5.74, 6) is 0. The number of thiocarbonyl (C=S) groups is 1. The van der Waals surface area contributed by atoms with Gasteiger partial charge in [-0.15, -0.1) is 0 Å². The van der Waals surface area contributed by atoms with Gasteiger partial charge in [0.15, 0.2) is 5.11 Å². The smallest absolute Gasteiger partial charge is 0.171 e. The van der Waals surface area contributed by atoms with Crippen LogP contribution in [0.4, 0.5) is 5.69 Å². The first kappa shape index (κ1) is 15.9. The summed E-state index contributed by atoms with van der Waals surface area (Å²) in [5, 5.41) is 6.96. The van der Waals surface area contributed by atoms with Gasteiger partial charge in [0.1, 0.15) is 0 Å². The maximum absolute atomic E-state index is 5.25. The van der Waals surface area contributed by atoms with Gasteiger partial charge in [-0.3, -0.25) is 0 Å². The lowest BCUT2D eigenvalue weighted by Gasteiger charge is -2.20. The first-order valence-electron chi connectivity index (χ1n) is 6.50. The highest BCUT2D eigenvalue weighted by atomic mass is 32.1. The van der Waals surface area contributed by atoms with Crippen molar-refractivity contribution in [3.63, 3.8) is 0 Å². The fourth-order valence-electron chi connectivity index (χ4n) is 1.74. The van der Waals surface area contributed by atoms with E-state index in [1.807, 2.05) is 6.92 Å². The van der Waals surface area contributed by atoms with Crippen LogP contribution in [0.2, 0.25) is 0 Å². The molecule has 1 unspecified atom stereocenters. The first-order chi connectivity index (χ1) is 8.82. The van der Waals surface area contributed by atoms with Crippen LogP contribution < -0.4 is 10.6 Å². The summed E-state index contributed by atoms with van der Waals surface area (Å²) in [6, 6.07) is 8.55. The number of hydrogen-bond acceptors (Lipinski definition) is 2. The molecule has 19 heavy (non-hydrogen) atoms. The van der Waals surface area contributed by atoms with Crippen molar-refractivity contribution in [1.82, 2.24) is 5.32 Å². The average Bonchev–Trinajstić information content (AvgIpc) is 2.28. The maximum Gasteiger partial charge on any atom is 0.171 e. The molecule has 0 radical (unpaired) electrons. The zero-order valence-corrected chi connectivity index (χ0v) is 13.2. The average molecular weight is 280 g/mol. The molecule has 0 bridgehead atoms. The molecule has 0 heterocycles. The number of rotatable bonds is 4. The van der Waals surface area contributed by atoms with Gasteiger partial charge in [-0.2, -0.15) is 0 Å². The molecule has 0 fully saturated rings. The monoisotopic (exact) mass is 280 g/mol. The largest absolute Gasteiger partial charge is 0.383 e. The van der Waals surface area contributed by atoms with Crippen LogP contribution in [0.25, 0.3) is 0 Å². The normalized spacial score (nSPS) is 12.9. The molecular formula is C15H24N2OS. The van der Waals surface area contributed by atoms with E-state index in [1.54, 1.807) is 7.11 Å². The van der Waals surface area contributed by atoms with Gasteiger partial charge in [0, 0.05) is 18.8 Å². The van der Waals surface area contributed by atoms with Gasteiger partial charge in [-0.1, -0.05) is 32.9 Å². The molecule has 3 nitrogen and oxygen atoms in total. The van der Waals surface area contributed by atoms with Crippen molar-refractivity contribution in [2.75, 3.05) is 19.0 Å². The quantitative estimate of drug-likeness (QED) is 0.829. The fourth-order valence-corrected chi connectivity index (χ4v) is 2.06. The molecule has 2 N–H and O–H groups in total. The van der Waals surface area contributed by atoms with Gasteiger partial charge in [-0.05, 0) is 42.3 Å². The number of nitrogens with one attached hydrogen (secondary N) is 2. The molecule has 1 atom stereocenters. The fraction of sp³-hybridized carbons (Fsp3) is 0.533. The highest BCUT2D eigenvalue weighted by molar-refractivity contribution is 7.80. The lowest BCUT2D eigenvalue weighted by atomic mass is 9.87. The summed E-state index contributed by atoms with van der Waals surface area (Å²) in [7, 11) is 1.68. The maximum atomic E-state index is 5.25. The lowest BCUT2D eigenvalue weighted by molar-refractivity contribution is 0.179. The van der Waals surface area contributed by atoms with E-state index in [2.05, 4.69) is 55.7 Å². The van der Waals surface area contributed by atoms with Crippen molar-refractivity contribution in [2.24, 2.45) is 0 Å². The van der Waals surface area contributed by atoms with E-state index >= 15 is 0 Å². The van der Waals surface area contributed by atoms with E-state index in [1.165, 1.54) is 5.56 Å². The van der Waals surface area contributed by atoms with Crippen molar-refractivity contribution < 1.29 is 4.74 Å². The molecule has 4 heteroatoms. The topological polar surface area (TPSA) is 33.3 Å². The third-order valence-corrected chi connectivity index (χ3v) is 3.02. The molecule has 0 spiro atoms. The van der Waals surface area contributed by atoms with Gasteiger partial charge in [0.05, 0.1) is 6.61 Å². The van der Waals surface area contributed by atoms with E-state index in [4.69, 9.17) is 17.0 Å². The van der Waals surface area contributed by atoms with E-state index in [-0.39, 0.29) is 11.5 Å². The van der Waals surface area contributed by atoms with Gasteiger partial charge in [0.25, 0.3) is 0 Å². The minimum atomic E-state index is 0.171. The Morgan fingerprint density at radius 2 is 1.84 bits per heavy atom. The summed E-state index contributed by atoms with van der Waals surface area (Å²) >= 11 is 5.25. The van der Waals surface area contributed by atoms with Crippen molar-refractivity contribution >= 4 is 23.0 Å². The molecule has 0 aliphatic rings. The van der Waals surface area contributed by atoms with Crippen molar-refractivity contribution in [1.29, 1.82) is 0 Å². The Labute approximate surface area is 121 Å². The zero-order chi connectivity index (χ0) is 14.5. The number of benzene rings is 1. The van der Waals surface area contributed by atoms with Gasteiger partial charge >= 0.3 is 0 Å². The second kappa shape index (κ2) is 6.87. The number of methoxy groups -OCH3 is 1. The van der Waals surface area contributed by atoms with E-state index < -0.39 is 0 Å². The Kier molecular flexibility index (Phi) is 5.76. The summed E-state index contributed by atoms with van der Waals surface area (Å²) in [6.45, 7) is 9.27. The van der Waals surface area contributed by atoms with Crippen LogP contribution in [-0.4, -0.2) is 24.9 Å². The molecule has 0 aromatic heterocycles. The summed E-state index contributed by atoms with van der Waals surface area (Å²) in [5.41, 5.74) is 2.48. The summed E-state index contributed by atoms with van der Waals surface area (Å²) in [6.07, 6.45) is 0. The van der Waals surface area contributed by atoms with Crippen LogP contribution in [-0.2, 0) is 10.2 Å². The van der Waals surface area contributed by atoms with E-state index in [9.17, 15) is 0 Å². The Morgan fingerprint density at radius 1 is 1.26 bits per heavy atom. The van der Waals surface area contributed by atoms with Gasteiger partial charge in [0.2, 0.25) is 0 Å². The minimum Gasteiger partial charge on any atom is -0.383 e. The lowest BCUT2D eigenvalue weighted by Crippen LogP contribution is -2.38. The Morgan fingerprint density at radius 3 is 2.32 bits per heavy atom. The zero-order valence-electron chi connectivity index (χ0n) is 12.4. The molecule has 1 aromatic rings. The van der Waals surface area contributed by atoms with Crippen LogP contribution in [0.3, 0.4) is 0 Å². The Bertz CT molecular complexity index is 409. The molecule has 1 rings (SSSR count). The van der Waals surface area contributed by atoms with Crippen molar-refractivity contribution in [3.8, 4) is 0 Å². The third-order valence-electron chi connectivity index (χ3n) is 2.80. The summed E-state index contributed by atoms with van der Waals surface area (Å²) < 4.78 is 5.06. The predicted octanol–water partition coefficient (Wildman–Crippen LogP) is 3.31. The van der Waals surface area contributed by atoms with E-state index in [0.717, 1.165) is 5.69 Å². The number of ether oxygens (including phenoxy) is 1.